The van der Waals surface area contributed by atoms with Gasteiger partial charge in [0.15, 0.2) is 0 Å². The summed E-state index contributed by atoms with van der Waals surface area (Å²) in [5, 5.41) is 11.2. The number of carbonyl (C=O) groups excluding carboxylic acids is 1. The maximum absolute atomic E-state index is 12.9. The van der Waals surface area contributed by atoms with E-state index in [1.54, 1.807) is 0 Å². The Hall–Kier alpha value is -2.80. The minimum Gasteiger partial charge on any atom is -0.476 e. The van der Waals surface area contributed by atoms with E-state index in [-0.39, 0.29) is 11.3 Å². The van der Waals surface area contributed by atoms with Crippen LogP contribution in [0.15, 0.2) is 47.8 Å². The number of aromatic nitrogens is 3. The zero-order chi connectivity index (χ0) is 21.8. The van der Waals surface area contributed by atoms with Gasteiger partial charge in [-0.2, -0.15) is 5.10 Å². The highest BCUT2D eigenvalue weighted by Crippen LogP contribution is 2.26. The van der Waals surface area contributed by atoms with Crippen LogP contribution in [0.4, 0.5) is 0 Å². The molecule has 1 fully saturated rings. The van der Waals surface area contributed by atoms with Gasteiger partial charge >= 0.3 is 0 Å². The van der Waals surface area contributed by atoms with Gasteiger partial charge in [-0.1, -0.05) is 51.1 Å². The first-order valence-electron chi connectivity index (χ1n) is 10.7. The molecular formula is C24H28N4O2S. The molecule has 1 aliphatic rings. The first-order chi connectivity index (χ1) is 14.9. The molecule has 1 aromatic carbocycles. The summed E-state index contributed by atoms with van der Waals surface area (Å²) in [6, 6.07) is 13.8. The highest BCUT2D eigenvalue weighted by Gasteiger charge is 2.26. The molecule has 0 bridgehead atoms. The first kappa shape index (κ1) is 21.4. The molecule has 162 valence electrons. The number of thiazole rings is 1. The molecule has 31 heavy (non-hydrogen) atoms. The Kier molecular flexibility index (Phi) is 6.32. The molecule has 3 aromatic rings. The van der Waals surface area contributed by atoms with Crippen LogP contribution in [0, 0.1) is 5.92 Å². The van der Waals surface area contributed by atoms with Crippen molar-refractivity contribution in [3.8, 4) is 16.5 Å². The second-order valence-electron chi connectivity index (χ2n) is 8.96. The molecule has 1 amide bonds. The Labute approximate surface area is 187 Å². The van der Waals surface area contributed by atoms with E-state index in [1.807, 2.05) is 52.7 Å². The SMILES string of the molecule is CC(C)(C)c1ccc(OCC2CCN(C(=O)c3csc(-c4ccccc4)n3)CC2)nn1. The summed E-state index contributed by atoms with van der Waals surface area (Å²) in [5.41, 5.74) is 2.50. The van der Waals surface area contributed by atoms with Crippen molar-refractivity contribution in [3.05, 3.63) is 59.2 Å². The fourth-order valence-corrected chi connectivity index (χ4v) is 4.35. The molecule has 3 heterocycles. The van der Waals surface area contributed by atoms with E-state index in [1.165, 1.54) is 11.3 Å². The van der Waals surface area contributed by atoms with Crippen LogP contribution in [-0.2, 0) is 5.41 Å². The van der Waals surface area contributed by atoms with Gasteiger partial charge in [-0.25, -0.2) is 4.98 Å². The van der Waals surface area contributed by atoms with Crippen molar-refractivity contribution in [2.75, 3.05) is 19.7 Å². The lowest BCUT2D eigenvalue weighted by atomic mass is 9.92. The Morgan fingerprint density at radius 3 is 2.48 bits per heavy atom. The number of carbonyl (C=O) groups is 1. The van der Waals surface area contributed by atoms with Crippen LogP contribution in [0.1, 0.15) is 49.8 Å². The van der Waals surface area contributed by atoms with Crippen LogP contribution in [0.5, 0.6) is 5.88 Å². The predicted molar refractivity (Wildman–Crippen MR) is 122 cm³/mol. The van der Waals surface area contributed by atoms with Crippen LogP contribution in [-0.4, -0.2) is 45.7 Å². The van der Waals surface area contributed by atoms with Gasteiger partial charge in [-0.05, 0) is 24.8 Å². The third-order valence-corrected chi connectivity index (χ3v) is 6.41. The van der Waals surface area contributed by atoms with Gasteiger partial charge in [-0.15, -0.1) is 16.4 Å². The Morgan fingerprint density at radius 2 is 1.84 bits per heavy atom. The number of rotatable bonds is 5. The molecule has 0 N–H and O–H groups in total. The van der Waals surface area contributed by atoms with Gasteiger partial charge in [0, 0.05) is 35.5 Å². The molecule has 0 spiro atoms. The first-order valence-corrected chi connectivity index (χ1v) is 11.6. The number of hydrogen-bond donors (Lipinski definition) is 0. The van der Waals surface area contributed by atoms with Crippen LogP contribution in [0.25, 0.3) is 10.6 Å². The molecule has 0 unspecified atom stereocenters. The molecule has 6 nitrogen and oxygen atoms in total. The molecule has 0 saturated carbocycles. The average Bonchev–Trinajstić information content (AvgIpc) is 3.28. The van der Waals surface area contributed by atoms with E-state index in [9.17, 15) is 4.79 Å². The number of amides is 1. The molecule has 0 atom stereocenters. The Balaban J connectivity index is 1.27. The third kappa shape index (κ3) is 5.28. The van der Waals surface area contributed by atoms with Crippen LogP contribution >= 0.6 is 11.3 Å². The minimum atomic E-state index is -0.0237. The molecule has 0 radical (unpaired) electrons. The summed E-state index contributed by atoms with van der Waals surface area (Å²) in [6.45, 7) is 8.38. The predicted octanol–water partition coefficient (Wildman–Crippen LogP) is 4.83. The second kappa shape index (κ2) is 9.14. The lowest BCUT2D eigenvalue weighted by Crippen LogP contribution is -2.39. The number of piperidine rings is 1. The van der Waals surface area contributed by atoms with Gasteiger partial charge in [0.2, 0.25) is 5.88 Å². The smallest absolute Gasteiger partial charge is 0.273 e. The zero-order valence-electron chi connectivity index (χ0n) is 18.2. The Morgan fingerprint density at radius 1 is 1.10 bits per heavy atom. The maximum atomic E-state index is 12.9. The van der Waals surface area contributed by atoms with Crippen molar-refractivity contribution in [2.45, 2.75) is 39.0 Å². The van der Waals surface area contributed by atoms with Gasteiger partial charge in [0.25, 0.3) is 5.91 Å². The fourth-order valence-electron chi connectivity index (χ4n) is 3.55. The number of likely N-dealkylation sites (tertiary alicyclic amines) is 1. The summed E-state index contributed by atoms with van der Waals surface area (Å²) in [4.78, 5) is 19.3. The summed E-state index contributed by atoms with van der Waals surface area (Å²) >= 11 is 1.51. The fraction of sp³-hybridized carbons (Fsp3) is 0.417. The van der Waals surface area contributed by atoms with Crippen LogP contribution in [0.3, 0.4) is 0 Å². The quantitative estimate of drug-likeness (QED) is 0.573. The highest BCUT2D eigenvalue weighted by molar-refractivity contribution is 7.13. The molecule has 0 aliphatic carbocycles. The lowest BCUT2D eigenvalue weighted by Gasteiger charge is -2.31. The molecular weight excluding hydrogens is 408 g/mol. The van der Waals surface area contributed by atoms with Gasteiger partial charge < -0.3 is 9.64 Å². The van der Waals surface area contributed by atoms with Gasteiger partial charge in [0.05, 0.1) is 12.3 Å². The van der Waals surface area contributed by atoms with Crippen molar-refractivity contribution < 1.29 is 9.53 Å². The van der Waals surface area contributed by atoms with Crippen LogP contribution in [0.2, 0.25) is 0 Å². The van der Waals surface area contributed by atoms with Crippen molar-refractivity contribution in [2.24, 2.45) is 5.92 Å². The number of nitrogens with zero attached hydrogens (tertiary/aromatic N) is 4. The average molecular weight is 437 g/mol. The van der Waals surface area contributed by atoms with Gasteiger partial charge in [-0.3, -0.25) is 4.79 Å². The van der Waals surface area contributed by atoms with Crippen molar-refractivity contribution >= 4 is 17.2 Å². The molecule has 1 saturated heterocycles. The topological polar surface area (TPSA) is 68.2 Å². The van der Waals surface area contributed by atoms with Crippen LogP contribution < -0.4 is 4.74 Å². The second-order valence-corrected chi connectivity index (χ2v) is 9.82. The van der Waals surface area contributed by atoms with Crippen molar-refractivity contribution in [1.82, 2.24) is 20.1 Å². The van der Waals surface area contributed by atoms with E-state index >= 15 is 0 Å². The van der Waals surface area contributed by atoms with E-state index < -0.39 is 0 Å². The molecule has 2 aromatic heterocycles. The molecule has 4 rings (SSSR count). The van der Waals surface area contributed by atoms with Crippen molar-refractivity contribution in [3.63, 3.8) is 0 Å². The van der Waals surface area contributed by atoms with E-state index in [2.05, 4.69) is 36.0 Å². The standard InChI is InChI=1S/C24H28N4O2S/c1-24(2,3)20-9-10-21(27-26-20)30-15-17-11-13-28(14-12-17)23(29)19-16-31-22(25-19)18-7-5-4-6-8-18/h4-10,16-17H,11-15H2,1-3H3. The van der Waals surface area contributed by atoms with E-state index in [4.69, 9.17) is 4.74 Å². The number of ether oxygens (including phenoxy) is 1. The highest BCUT2D eigenvalue weighted by atomic mass is 32.1. The summed E-state index contributed by atoms with van der Waals surface area (Å²) in [6.07, 6.45) is 1.82. The minimum absolute atomic E-state index is 0.0152. The monoisotopic (exact) mass is 436 g/mol. The number of benzene rings is 1. The van der Waals surface area contributed by atoms with E-state index in [0.29, 0.717) is 24.1 Å². The largest absolute Gasteiger partial charge is 0.476 e. The van der Waals surface area contributed by atoms with Gasteiger partial charge in [0.1, 0.15) is 10.7 Å². The zero-order valence-corrected chi connectivity index (χ0v) is 19.1. The summed E-state index contributed by atoms with van der Waals surface area (Å²) < 4.78 is 5.86. The lowest BCUT2D eigenvalue weighted by molar-refractivity contribution is 0.0654. The summed E-state index contributed by atoms with van der Waals surface area (Å²) in [5.74, 6) is 0.979. The molecule has 7 heteroatoms. The maximum Gasteiger partial charge on any atom is 0.273 e. The normalized spacial score (nSPS) is 15.1. The molecule has 1 aliphatic heterocycles. The third-order valence-electron chi connectivity index (χ3n) is 5.52. The number of hydrogen-bond acceptors (Lipinski definition) is 6. The van der Waals surface area contributed by atoms with E-state index in [0.717, 1.165) is 42.2 Å². The Bertz CT molecular complexity index is 1000. The van der Waals surface area contributed by atoms with Crippen molar-refractivity contribution in [1.29, 1.82) is 0 Å². The summed E-state index contributed by atoms with van der Waals surface area (Å²) in [7, 11) is 0.